The van der Waals surface area contributed by atoms with Gasteiger partial charge in [-0.15, -0.1) is 0 Å². The average molecular weight is 225 g/mol. The fraction of sp³-hybridized carbons (Fsp3) is 0.500. The third-order valence-corrected chi connectivity index (χ3v) is 2.14. The molecule has 0 bridgehead atoms. The van der Waals surface area contributed by atoms with E-state index in [1.165, 1.54) is 11.9 Å². The normalized spacial score (nSPS) is 10.1. The van der Waals surface area contributed by atoms with Crippen molar-refractivity contribution in [3.63, 3.8) is 0 Å². The maximum absolute atomic E-state index is 11.4. The Morgan fingerprint density at radius 1 is 1.50 bits per heavy atom. The Hall–Kier alpha value is -1.85. The van der Waals surface area contributed by atoms with Gasteiger partial charge in [0, 0.05) is 32.4 Å². The summed E-state index contributed by atoms with van der Waals surface area (Å²) in [7, 11) is 1.49. The summed E-state index contributed by atoms with van der Waals surface area (Å²) in [6, 6.07) is 1.82. The van der Waals surface area contributed by atoms with E-state index in [2.05, 4.69) is 5.10 Å². The summed E-state index contributed by atoms with van der Waals surface area (Å²) < 4.78 is 1.74. The summed E-state index contributed by atoms with van der Waals surface area (Å²) in [5.74, 6) is -1.16. The molecule has 0 aromatic carbocycles. The SMILES string of the molecule is CN(CC(=O)O)C(=O)CCCn1cccn1. The molecule has 0 aliphatic carbocycles. The highest BCUT2D eigenvalue weighted by Gasteiger charge is 2.11. The molecule has 0 aliphatic rings. The molecule has 1 amide bonds. The molecule has 0 fully saturated rings. The molecule has 0 aliphatic heterocycles. The fourth-order valence-corrected chi connectivity index (χ4v) is 1.31. The number of carboxylic acid groups (broad SMARTS) is 1. The van der Waals surface area contributed by atoms with Crippen LogP contribution in [-0.2, 0) is 16.1 Å². The molecule has 6 nitrogen and oxygen atoms in total. The van der Waals surface area contributed by atoms with Gasteiger partial charge in [0.25, 0.3) is 0 Å². The third kappa shape index (κ3) is 4.12. The first-order valence-corrected chi connectivity index (χ1v) is 5.03. The van der Waals surface area contributed by atoms with E-state index in [1.54, 1.807) is 10.9 Å². The second-order valence-electron chi connectivity index (χ2n) is 3.52. The Bertz CT molecular complexity index is 348. The van der Waals surface area contributed by atoms with Gasteiger partial charge in [0.15, 0.2) is 0 Å². The summed E-state index contributed by atoms with van der Waals surface area (Å²) in [4.78, 5) is 23.0. The molecule has 16 heavy (non-hydrogen) atoms. The second kappa shape index (κ2) is 5.89. The van der Waals surface area contributed by atoms with Gasteiger partial charge in [0.1, 0.15) is 6.54 Å². The number of carboxylic acids is 1. The van der Waals surface area contributed by atoms with Crippen molar-refractivity contribution < 1.29 is 14.7 Å². The minimum atomic E-state index is -0.997. The number of aryl methyl sites for hydroxylation is 1. The molecule has 1 rings (SSSR count). The lowest BCUT2D eigenvalue weighted by molar-refractivity contribution is -0.143. The Morgan fingerprint density at radius 3 is 2.81 bits per heavy atom. The molecule has 6 heteroatoms. The molecule has 0 radical (unpaired) electrons. The van der Waals surface area contributed by atoms with Crippen molar-refractivity contribution in [1.29, 1.82) is 0 Å². The predicted molar refractivity (Wildman–Crippen MR) is 56.7 cm³/mol. The molecule has 0 saturated heterocycles. The molecular formula is C10H15N3O3. The van der Waals surface area contributed by atoms with E-state index in [9.17, 15) is 9.59 Å². The summed E-state index contributed by atoms with van der Waals surface area (Å²) in [5.41, 5.74) is 0. The van der Waals surface area contributed by atoms with Crippen LogP contribution in [0.1, 0.15) is 12.8 Å². The topological polar surface area (TPSA) is 75.4 Å². The Morgan fingerprint density at radius 2 is 2.25 bits per heavy atom. The number of rotatable bonds is 6. The second-order valence-corrected chi connectivity index (χ2v) is 3.52. The van der Waals surface area contributed by atoms with E-state index in [4.69, 9.17) is 5.11 Å². The smallest absolute Gasteiger partial charge is 0.323 e. The van der Waals surface area contributed by atoms with Crippen molar-refractivity contribution >= 4 is 11.9 Å². The summed E-state index contributed by atoms with van der Waals surface area (Å²) in [6.07, 6.45) is 4.50. The van der Waals surface area contributed by atoms with Gasteiger partial charge in [-0.3, -0.25) is 14.3 Å². The molecule has 1 aromatic rings. The highest BCUT2D eigenvalue weighted by Crippen LogP contribution is 1.98. The number of aliphatic carboxylic acids is 1. The zero-order chi connectivity index (χ0) is 12.0. The molecule has 0 unspecified atom stereocenters. The van der Waals surface area contributed by atoms with Crippen LogP contribution in [0.25, 0.3) is 0 Å². The Labute approximate surface area is 93.5 Å². The summed E-state index contributed by atoms with van der Waals surface area (Å²) in [5, 5.41) is 12.5. The zero-order valence-corrected chi connectivity index (χ0v) is 9.17. The molecule has 0 spiro atoms. The van der Waals surface area contributed by atoms with Crippen LogP contribution in [0.2, 0.25) is 0 Å². The average Bonchev–Trinajstić information content (AvgIpc) is 2.69. The molecule has 0 saturated carbocycles. The van der Waals surface area contributed by atoms with Crippen molar-refractivity contribution in [2.45, 2.75) is 19.4 Å². The fourth-order valence-electron chi connectivity index (χ4n) is 1.31. The number of nitrogens with zero attached hydrogens (tertiary/aromatic N) is 3. The molecule has 1 aromatic heterocycles. The van der Waals surface area contributed by atoms with Gasteiger partial charge in [0.05, 0.1) is 0 Å². The van der Waals surface area contributed by atoms with Crippen LogP contribution in [0, 0.1) is 0 Å². The van der Waals surface area contributed by atoms with E-state index in [0.29, 0.717) is 19.4 Å². The lowest BCUT2D eigenvalue weighted by atomic mass is 10.3. The standard InChI is InChI=1S/C10H15N3O3/c1-12(8-10(15)16)9(14)4-2-6-13-7-3-5-11-13/h3,5,7H,2,4,6,8H2,1H3,(H,15,16). The maximum Gasteiger partial charge on any atom is 0.323 e. The van der Waals surface area contributed by atoms with Crippen LogP contribution in [0.15, 0.2) is 18.5 Å². The number of hydrogen-bond donors (Lipinski definition) is 1. The summed E-state index contributed by atoms with van der Waals surface area (Å²) >= 11 is 0. The zero-order valence-electron chi connectivity index (χ0n) is 9.17. The van der Waals surface area contributed by atoms with Crippen LogP contribution in [0.5, 0.6) is 0 Å². The number of carbonyl (C=O) groups excluding carboxylic acids is 1. The Kier molecular flexibility index (Phi) is 4.50. The summed E-state index contributed by atoms with van der Waals surface area (Å²) in [6.45, 7) is 0.417. The molecule has 1 heterocycles. The monoisotopic (exact) mass is 225 g/mol. The van der Waals surface area contributed by atoms with Gasteiger partial charge in [0.2, 0.25) is 5.91 Å². The van der Waals surface area contributed by atoms with Crippen LogP contribution in [0.3, 0.4) is 0 Å². The number of amides is 1. The highest BCUT2D eigenvalue weighted by atomic mass is 16.4. The van der Waals surface area contributed by atoms with Gasteiger partial charge in [-0.05, 0) is 12.5 Å². The Balaban J connectivity index is 2.22. The van der Waals surface area contributed by atoms with Gasteiger partial charge in [-0.2, -0.15) is 5.10 Å². The van der Waals surface area contributed by atoms with E-state index in [-0.39, 0.29) is 12.5 Å². The van der Waals surface area contributed by atoms with Gasteiger partial charge in [-0.1, -0.05) is 0 Å². The lowest BCUT2D eigenvalue weighted by Gasteiger charge is -2.14. The highest BCUT2D eigenvalue weighted by molar-refractivity contribution is 5.80. The molecular weight excluding hydrogens is 210 g/mol. The minimum absolute atomic E-state index is 0.158. The van der Waals surface area contributed by atoms with Crippen molar-refractivity contribution in [2.75, 3.05) is 13.6 Å². The van der Waals surface area contributed by atoms with E-state index in [1.807, 2.05) is 12.3 Å². The van der Waals surface area contributed by atoms with Gasteiger partial charge < -0.3 is 10.0 Å². The van der Waals surface area contributed by atoms with Crippen molar-refractivity contribution in [3.8, 4) is 0 Å². The van der Waals surface area contributed by atoms with E-state index >= 15 is 0 Å². The predicted octanol–water partition coefficient (Wildman–Crippen LogP) is 0.206. The van der Waals surface area contributed by atoms with Crippen LogP contribution < -0.4 is 0 Å². The van der Waals surface area contributed by atoms with Crippen LogP contribution >= 0.6 is 0 Å². The lowest BCUT2D eigenvalue weighted by Crippen LogP contribution is -2.31. The maximum atomic E-state index is 11.4. The van der Waals surface area contributed by atoms with Crippen LogP contribution in [-0.4, -0.2) is 45.3 Å². The number of carbonyl (C=O) groups is 2. The van der Waals surface area contributed by atoms with Crippen LogP contribution in [0.4, 0.5) is 0 Å². The van der Waals surface area contributed by atoms with Gasteiger partial charge >= 0.3 is 5.97 Å². The van der Waals surface area contributed by atoms with E-state index < -0.39 is 5.97 Å². The van der Waals surface area contributed by atoms with E-state index in [0.717, 1.165) is 0 Å². The largest absolute Gasteiger partial charge is 0.480 e. The van der Waals surface area contributed by atoms with Crippen molar-refractivity contribution in [1.82, 2.24) is 14.7 Å². The number of aromatic nitrogens is 2. The van der Waals surface area contributed by atoms with Gasteiger partial charge in [-0.25, -0.2) is 0 Å². The first-order valence-electron chi connectivity index (χ1n) is 5.03. The number of likely N-dealkylation sites (N-methyl/N-ethyl adjacent to an activating group) is 1. The minimum Gasteiger partial charge on any atom is -0.480 e. The first-order chi connectivity index (χ1) is 7.59. The molecule has 88 valence electrons. The number of hydrogen-bond acceptors (Lipinski definition) is 3. The quantitative estimate of drug-likeness (QED) is 0.750. The third-order valence-electron chi connectivity index (χ3n) is 2.14. The molecule has 1 N–H and O–H groups in total. The first kappa shape index (κ1) is 12.2. The van der Waals surface area contributed by atoms with Crippen molar-refractivity contribution in [3.05, 3.63) is 18.5 Å². The van der Waals surface area contributed by atoms with Crippen molar-refractivity contribution in [2.24, 2.45) is 0 Å². The molecule has 0 atom stereocenters.